The van der Waals surface area contributed by atoms with Crippen molar-refractivity contribution in [3.05, 3.63) is 46.7 Å². The highest BCUT2D eigenvalue weighted by atomic mass is 35.5. The van der Waals surface area contributed by atoms with Crippen LogP contribution in [-0.4, -0.2) is 54.9 Å². The summed E-state index contributed by atoms with van der Waals surface area (Å²) < 4.78 is 12.6. The van der Waals surface area contributed by atoms with Crippen LogP contribution in [0.1, 0.15) is 24.3 Å². The van der Waals surface area contributed by atoms with Crippen LogP contribution in [0.4, 0.5) is 0 Å². The number of methoxy groups -OCH3 is 2. The summed E-state index contributed by atoms with van der Waals surface area (Å²) >= 11 is 6.07. The Bertz CT molecular complexity index is 807. The number of rotatable bonds is 8. The number of nitrogens with zero attached hydrogens (tertiary/aromatic N) is 3. The molecule has 0 saturated heterocycles. The molecule has 1 unspecified atom stereocenters. The maximum Gasteiger partial charge on any atom is 0.194 e. The van der Waals surface area contributed by atoms with E-state index in [1.807, 2.05) is 42.7 Å². The lowest BCUT2D eigenvalue weighted by Crippen LogP contribution is -2.39. The summed E-state index contributed by atoms with van der Waals surface area (Å²) in [5, 5.41) is 14.6. The van der Waals surface area contributed by atoms with Crippen LogP contribution in [0.2, 0.25) is 5.02 Å². The molecule has 8 heteroatoms. The van der Waals surface area contributed by atoms with Crippen LogP contribution < -0.4 is 14.8 Å². The molecule has 1 aromatic carbocycles. The molecule has 0 aliphatic rings. The first-order valence-electron chi connectivity index (χ1n) is 9.09. The van der Waals surface area contributed by atoms with E-state index >= 15 is 0 Å². The third-order valence-electron chi connectivity index (χ3n) is 4.38. The maximum absolute atomic E-state index is 10.7. The fraction of sp³-hybridized carbons (Fsp3) is 0.450. The number of aliphatic imine (C=N–C) groups is 1. The Kier molecular flexibility index (Phi) is 8.02. The van der Waals surface area contributed by atoms with Crippen molar-refractivity contribution in [2.24, 2.45) is 12.0 Å². The van der Waals surface area contributed by atoms with Crippen LogP contribution in [0.3, 0.4) is 0 Å². The first kappa shape index (κ1) is 21.9. The van der Waals surface area contributed by atoms with E-state index in [-0.39, 0.29) is 6.54 Å². The summed E-state index contributed by atoms with van der Waals surface area (Å²) in [6.07, 6.45) is 1.05. The molecule has 0 aliphatic heterocycles. The number of benzene rings is 1. The SMILES string of the molecule is CCNC(=NCC(O)c1cc(OC)ccc1OC)N(C)Cc1cc(Cl)cn1C. The van der Waals surface area contributed by atoms with Crippen LogP contribution in [0.25, 0.3) is 0 Å². The molecule has 7 nitrogen and oxygen atoms in total. The largest absolute Gasteiger partial charge is 0.497 e. The van der Waals surface area contributed by atoms with Gasteiger partial charge in [-0.15, -0.1) is 0 Å². The second-order valence-electron chi connectivity index (χ2n) is 6.43. The van der Waals surface area contributed by atoms with E-state index in [0.717, 1.165) is 12.2 Å². The quantitative estimate of drug-likeness (QED) is 0.519. The van der Waals surface area contributed by atoms with E-state index < -0.39 is 6.10 Å². The monoisotopic (exact) mass is 408 g/mol. The average Bonchev–Trinajstić information content (AvgIpc) is 3.00. The van der Waals surface area contributed by atoms with Gasteiger partial charge in [-0.3, -0.25) is 4.99 Å². The molecule has 0 amide bonds. The number of hydrogen-bond donors (Lipinski definition) is 2. The van der Waals surface area contributed by atoms with E-state index in [0.29, 0.717) is 34.6 Å². The molecule has 154 valence electrons. The lowest BCUT2D eigenvalue weighted by molar-refractivity contribution is 0.181. The van der Waals surface area contributed by atoms with E-state index in [1.165, 1.54) is 0 Å². The minimum absolute atomic E-state index is 0.185. The number of halogens is 1. The predicted molar refractivity (Wildman–Crippen MR) is 112 cm³/mol. The van der Waals surface area contributed by atoms with Crippen molar-refractivity contribution in [2.75, 3.05) is 34.4 Å². The zero-order valence-corrected chi connectivity index (χ0v) is 17.8. The number of ether oxygens (including phenoxy) is 2. The minimum Gasteiger partial charge on any atom is -0.497 e. The van der Waals surface area contributed by atoms with Crippen molar-refractivity contribution >= 4 is 17.6 Å². The molecule has 2 N–H and O–H groups in total. The van der Waals surface area contributed by atoms with E-state index in [4.69, 9.17) is 21.1 Å². The van der Waals surface area contributed by atoms with Crippen LogP contribution in [-0.2, 0) is 13.6 Å². The molecular weight excluding hydrogens is 380 g/mol. The van der Waals surface area contributed by atoms with Crippen LogP contribution in [0.5, 0.6) is 11.5 Å². The van der Waals surface area contributed by atoms with E-state index in [1.54, 1.807) is 32.4 Å². The van der Waals surface area contributed by atoms with Crippen molar-refractivity contribution < 1.29 is 14.6 Å². The summed E-state index contributed by atoms with van der Waals surface area (Å²) in [6.45, 7) is 3.54. The fourth-order valence-corrected chi connectivity index (χ4v) is 3.15. The minimum atomic E-state index is -0.823. The molecule has 2 rings (SSSR count). The number of aliphatic hydroxyl groups excluding tert-OH is 1. The van der Waals surface area contributed by atoms with Gasteiger partial charge in [-0.05, 0) is 31.2 Å². The Morgan fingerprint density at radius 2 is 2.07 bits per heavy atom. The van der Waals surface area contributed by atoms with E-state index in [9.17, 15) is 5.11 Å². The maximum atomic E-state index is 10.7. The van der Waals surface area contributed by atoms with Crippen molar-refractivity contribution in [1.82, 2.24) is 14.8 Å². The molecule has 1 heterocycles. The Labute approximate surface area is 171 Å². The van der Waals surface area contributed by atoms with Gasteiger partial charge in [0.25, 0.3) is 0 Å². The highest BCUT2D eigenvalue weighted by Crippen LogP contribution is 2.29. The highest BCUT2D eigenvalue weighted by molar-refractivity contribution is 6.30. The van der Waals surface area contributed by atoms with Gasteiger partial charge in [0.1, 0.15) is 17.6 Å². The molecule has 0 aliphatic carbocycles. The molecule has 28 heavy (non-hydrogen) atoms. The Morgan fingerprint density at radius 1 is 1.32 bits per heavy atom. The molecule has 0 fully saturated rings. The standard InChI is InChI=1S/C20H29ClN4O3/c1-6-22-20(25(3)13-15-9-14(21)12-24(15)2)23-11-18(26)17-10-16(27-4)7-8-19(17)28-5/h7-10,12,18,26H,6,11,13H2,1-5H3,(H,22,23). The summed E-state index contributed by atoms with van der Waals surface area (Å²) in [5.74, 6) is 1.95. The molecule has 2 aromatic rings. The van der Waals surface area contributed by atoms with Gasteiger partial charge in [-0.2, -0.15) is 0 Å². The van der Waals surface area contributed by atoms with Crippen LogP contribution in [0, 0.1) is 0 Å². The second kappa shape index (κ2) is 10.2. The van der Waals surface area contributed by atoms with Gasteiger partial charge < -0.3 is 29.4 Å². The van der Waals surface area contributed by atoms with Crippen molar-refractivity contribution in [2.45, 2.75) is 19.6 Å². The predicted octanol–water partition coefficient (Wildman–Crippen LogP) is 2.83. The van der Waals surface area contributed by atoms with Crippen molar-refractivity contribution in [3.8, 4) is 11.5 Å². The second-order valence-corrected chi connectivity index (χ2v) is 6.87. The number of aryl methyl sites for hydroxylation is 1. The van der Waals surface area contributed by atoms with Gasteiger partial charge in [-0.25, -0.2) is 0 Å². The molecule has 0 spiro atoms. The normalized spacial score (nSPS) is 12.6. The van der Waals surface area contributed by atoms with Gasteiger partial charge in [-0.1, -0.05) is 11.6 Å². The zero-order valence-electron chi connectivity index (χ0n) is 17.1. The Morgan fingerprint density at radius 3 is 2.64 bits per heavy atom. The van der Waals surface area contributed by atoms with Gasteiger partial charge in [0.15, 0.2) is 5.96 Å². The highest BCUT2D eigenvalue weighted by Gasteiger charge is 2.16. The molecular formula is C20H29ClN4O3. The molecule has 1 aromatic heterocycles. The lowest BCUT2D eigenvalue weighted by atomic mass is 10.1. The third kappa shape index (κ3) is 5.56. The number of guanidine groups is 1. The molecule has 0 saturated carbocycles. The number of hydrogen-bond acceptors (Lipinski definition) is 4. The Balaban J connectivity index is 2.16. The molecule has 0 radical (unpaired) electrons. The molecule has 0 bridgehead atoms. The topological polar surface area (TPSA) is 71.2 Å². The first-order chi connectivity index (χ1) is 13.4. The van der Waals surface area contributed by atoms with Crippen LogP contribution >= 0.6 is 11.6 Å². The first-order valence-corrected chi connectivity index (χ1v) is 9.47. The van der Waals surface area contributed by atoms with Crippen molar-refractivity contribution in [3.63, 3.8) is 0 Å². The van der Waals surface area contributed by atoms with Crippen LogP contribution in [0.15, 0.2) is 35.5 Å². The Hall–Kier alpha value is -2.38. The number of aromatic nitrogens is 1. The van der Waals surface area contributed by atoms with E-state index in [2.05, 4.69) is 10.3 Å². The average molecular weight is 409 g/mol. The van der Waals surface area contributed by atoms with Gasteiger partial charge in [0.2, 0.25) is 0 Å². The molecule has 1 atom stereocenters. The number of nitrogens with one attached hydrogen (secondary N) is 1. The van der Waals surface area contributed by atoms with Gasteiger partial charge >= 0.3 is 0 Å². The third-order valence-corrected chi connectivity index (χ3v) is 4.59. The van der Waals surface area contributed by atoms with Gasteiger partial charge in [0, 0.05) is 38.1 Å². The summed E-state index contributed by atoms with van der Waals surface area (Å²) in [6, 6.07) is 7.26. The van der Waals surface area contributed by atoms with Crippen molar-refractivity contribution in [1.29, 1.82) is 0 Å². The lowest BCUT2D eigenvalue weighted by Gasteiger charge is -2.23. The summed E-state index contributed by atoms with van der Waals surface area (Å²) in [5.41, 5.74) is 1.70. The zero-order chi connectivity index (χ0) is 20.7. The summed E-state index contributed by atoms with van der Waals surface area (Å²) in [4.78, 5) is 6.59. The smallest absolute Gasteiger partial charge is 0.194 e. The fourth-order valence-electron chi connectivity index (χ4n) is 2.88. The summed E-state index contributed by atoms with van der Waals surface area (Å²) in [7, 11) is 7.06. The number of aliphatic hydroxyl groups is 1. The van der Waals surface area contributed by atoms with Gasteiger partial charge in [0.05, 0.1) is 32.3 Å².